The van der Waals surface area contributed by atoms with Crippen molar-refractivity contribution in [2.45, 2.75) is 38.9 Å². The topological polar surface area (TPSA) is 32.3 Å². The van der Waals surface area contributed by atoms with Crippen molar-refractivity contribution in [1.82, 2.24) is 10.2 Å². The highest BCUT2D eigenvalue weighted by molar-refractivity contribution is 5.75. The van der Waals surface area contributed by atoms with Crippen LogP contribution in [0.2, 0.25) is 0 Å². The number of benzene rings is 2. The highest BCUT2D eigenvalue weighted by Gasteiger charge is 2.32. The number of urea groups is 1. The SMILES string of the molecule is Cc1ccccc1CNC(=O)N(Cc1ccc(F)cc1)C1CC1. The molecule has 0 aliphatic heterocycles. The molecule has 0 aromatic heterocycles. The number of rotatable bonds is 5. The fourth-order valence-corrected chi connectivity index (χ4v) is 2.62. The van der Waals surface area contributed by atoms with Gasteiger partial charge in [0.2, 0.25) is 0 Å². The minimum absolute atomic E-state index is 0.0555. The van der Waals surface area contributed by atoms with E-state index in [0.717, 1.165) is 24.0 Å². The van der Waals surface area contributed by atoms with Gasteiger partial charge in [0, 0.05) is 19.1 Å². The number of carbonyl (C=O) groups excluding carboxylic acids is 1. The number of carbonyl (C=O) groups is 1. The molecule has 1 N–H and O–H groups in total. The van der Waals surface area contributed by atoms with Crippen LogP contribution < -0.4 is 5.32 Å². The maximum atomic E-state index is 13.0. The quantitative estimate of drug-likeness (QED) is 0.889. The highest BCUT2D eigenvalue weighted by Crippen LogP contribution is 2.28. The minimum atomic E-state index is -0.254. The lowest BCUT2D eigenvalue weighted by molar-refractivity contribution is 0.191. The van der Waals surface area contributed by atoms with Crippen molar-refractivity contribution in [1.29, 1.82) is 0 Å². The maximum Gasteiger partial charge on any atom is 0.318 e. The van der Waals surface area contributed by atoms with E-state index in [1.54, 1.807) is 12.1 Å². The third kappa shape index (κ3) is 4.09. The van der Waals surface area contributed by atoms with Crippen LogP contribution in [0.4, 0.5) is 9.18 Å². The Bertz CT molecular complexity index is 680. The van der Waals surface area contributed by atoms with Crippen LogP contribution in [0.5, 0.6) is 0 Å². The third-order valence-electron chi connectivity index (χ3n) is 4.21. The summed E-state index contributed by atoms with van der Waals surface area (Å²) in [6.07, 6.45) is 2.08. The molecule has 0 bridgehead atoms. The summed E-state index contributed by atoms with van der Waals surface area (Å²) in [7, 11) is 0. The summed E-state index contributed by atoms with van der Waals surface area (Å²) in [6, 6.07) is 14.6. The summed E-state index contributed by atoms with van der Waals surface area (Å²) in [4.78, 5) is 14.4. The van der Waals surface area contributed by atoms with Gasteiger partial charge in [0.15, 0.2) is 0 Å². The number of hydrogen-bond donors (Lipinski definition) is 1. The third-order valence-corrected chi connectivity index (χ3v) is 4.21. The van der Waals surface area contributed by atoms with E-state index in [9.17, 15) is 9.18 Å². The van der Waals surface area contributed by atoms with Crippen molar-refractivity contribution in [3.05, 3.63) is 71.0 Å². The van der Waals surface area contributed by atoms with Gasteiger partial charge in [-0.3, -0.25) is 0 Å². The summed E-state index contributed by atoms with van der Waals surface area (Å²) in [5, 5.41) is 3.01. The molecule has 3 nitrogen and oxygen atoms in total. The summed E-state index contributed by atoms with van der Waals surface area (Å²) in [5.41, 5.74) is 3.24. The van der Waals surface area contributed by atoms with E-state index in [-0.39, 0.29) is 11.8 Å². The lowest BCUT2D eigenvalue weighted by atomic mass is 10.1. The second kappa shape index (κ2) is 6.82. The van der Waals surface area contributed by atoms with Crippen molar-refractivity contribution in [2.24, 2.45) is 0 Å². The van der Waals surface area contributed by atoms with E-state index in [4.69, 9.17) is 0 Å². The standard InChI is InChI=1S/C19H21FN2O/c1-14-4-2-3-5-16(14)12-21-19(23)22(18-10-11-18)13-15-6-8-17(20)9-7-15/h2-9,18H,10-13H2,1H3,(H,21,23). The van der Waals surface area contributed by atoms with E-state index in [1.165, 1.54) is 17.7 Å². The Labute approximate surface area is 136 Å². The normalized spacial score (nSPS) is 13.7. The Morgan fingerprint density at radius 1 is 1.17 bits per heavy atom. The summed E-state index contributed by atoms with van der Waals surface area (Å²) in [6.45, 7) is 3.08. The Balaban J connectivity index is 1.63. The van der Waals surface area contributed by atoms with E-state index in [0.29, 0.717) is 19.1 Å². The Morgan fingerprint density at radius 3 is 2.52 bits per heavy atom. The zero-order valence-corrected chi connectivity index (χ0v) is 13.3. The zero-order chi connectivity index (χ0) is 16.2. The van der Waals surface area contributed by atoms with Gasteiger partial charge in [-0.15, -0.1) is 0 Å². The average molecular weight is 312 g/mol. The Hall–Kier alpha value is -2.36. The summed E-state index contributed by atoms with van der Waals surface area (Å²) in [5.74, 6) is -0.254. The molecule has 2 aromatic rings. The van der Waals surface area contributed by atoms with Crippen molar-refractivity contribution < 1.29 is 9.18 Å². The maximum absolute atomic E-state index is 13.0. The first-order chi connectivity index (χ1) is 11.1. The van der Waals surface area contributed by atoms with Crippen LogP contribution in [-0.4, -0.2) is 17.0 Å². The molecule has 1 saturated carbocycles. The van der Waals surface area contributed by atoms with Crippen LogP contribution in [0.15, 0.2) is 48.5 Å². The lowest BCUT2D eigenvalue weighted by Crippen LogP contribution is -2.40. The average Bonchev–Trinajstić information content (AvgIpc) is 3.38. The van der Waals surface area contributed by atoms with Crippen LogP contribution in [-0.2, 0) is 13.1 Å². The van der Waals surface area contributed by atoms with Gasteiger partial charge in [0.1, 0.15) is 5.82 Å². The molecule has 0 spiro atoms. The van der Waals surface area contributed by atoms with E-state index < -0.39 is 0 Å². The fourth-order valence-electron chi connectivity index (χ4n) is 2.62. The second-order valence-electron chi connectivity index (χ2n) is 6.07. The van der Waals surface area contributed by atoms with Gasteiger partial charge in [0.25, 0.3) is 0 Å². The molecule has 2 amide bonds. The molecule has 0 atom stereocenters. The number of aryl methyl sites for hydroxylation is 1. The van der Waals surface area contributed by atoms with Crippen LogP contribution in [0.3, 0.4) is 0 Å². The molecule has 0 unspecified atom stereocenters. The number of amides is 2. The van der Waals surface area contributed by atoms with E-state index in [2.05, 4.69) is 5.32 Å². The fraction of sp³-hybridized carbons (Fsp3) is 0.316. The highest BCUT2D eigenvalue weighted by atomic mass is 19.1. The minimum Gasteiger partial charge on any atom is -0.334 e. The largest absolute Gasteiger partial charge is 0.334 e. The summed E-state index contributed by atoms with van der Waals surface area (Å²) >= 11 is 0. The van der Waals surface area contributed by atoms with Crippen molar-refractivity contribution in [3.8, 4) is 0 Å². The van der Waals surface area contributed by atoms with Gasteiger partial charge in [-0.25, -0.2) is 9.18 Å². The molecule has 1 aliphatic carbocycles. The van der Waals surface area contributed by atoms with E-state index in [1.807, 2.05) is 36.1 Å². The smallest absolute Gasteiger partial charge is 0.318 e. The van der Waals surface area contributed by atoms with Crippen molar-refractivity contribution >= 4 is 6.03 Å². The number of halogens is 1. The Morgan fingerprint density at radius 2 is 1.87 bits per heavy atom. The molecule has 1 fully saturated rings. The van der Waals surface area contributed by atoms with E-state index >= 15 is 0 Å². The first-order valence-electron chi connectivity index (χ1n) is 7.97. The van der Waals surface area contributed by atoms with Crippen molar-refractivity contribution in [2.75, 3.05) is 0 Å². The van der Waals surface area contributed by atoms with Gasteiger partial charge in [-0.2, -0.15) is 0 Å². The first-order valence-corrected chi connectivity index (χ1v) is 7.97. The molecule has 0 heterocycles. The van der Waals surface area contributed by atoms with Gasteiger partial charge in [-0.1, -0.05) is 36.4 Å². The Kier molecular flexibility index (Phi) is 4.60. The van der Waals surface area contributed by atoms with Gasteiger partial charge >= 0.3 is 6.03 Å². The molecule has 0 radical (unpaired) electrons. The molecular formula is C19H21FN2O. The van der Waals surface area contributed by atoms with Gasteiger partial charge in [-0.05, 0) is 48.6 Å². The van der Waals surface area contributed by atoms with Gasteiger partial charge in [0.05, 0.1) is 0 Å². The van der Waals surface area contributed by atoms with Crippen LogP contribution in [0.1, 0.15) is 29.5 Å². The molecular weight excluding hydrogens is 291 g/mol. The van der Waals surface area contributed by atoms with Crippen molar-refractivity contribution in [3.63, 3.8) is 0 Å². The zero-order valence-electron chi connectivity index (χ0n) is 13.3. The molecule has 120 valence electrons. The summed E-state index contributed by atoms with van der Waals surface area (Å²) < 4.78 is 13.0. The number of nitrogens with one attached hydrogen (secondary N) is 1. The van der Waals surface area contributed by atoms with Crippen LogP contribution in [0.25, 0.3) is 0 Å². The molecule has 4 heteroatoms. The molecule has 0 saturated heterocycles. The molecule has 3 rings (SSSR count). The second-order valence-corrected chi connectivity index (χ2v) is 6.07. The predicted octanol–water partition coefficient (Wildman–Crippen LogP) is 4.01. The predicted molar refractivity (Wildman–Crippen MR) is 88.4 cm³/mol. The van der Waals surface area contributed by atoms with Gasteiger partial charge < -0.3 is 10.2 Å². The number of nitrogens with zero attached hydrogens (tertiary/aromatic N) is 1. The molecule has 23 heavy (non-hydrogen) atoms. The lowest BCUT2D eigenvalue weighted by Gasteiger charge is -2.23. The van der Waals surface area contributed by atoms with Crippen LogP contribution >= 0.6 is 0 Å². The first kappa shape index (κ1) is 15.5. The monoisotopic (exact) mass is 312 g/mol. The number of hydrogen-bond acceptors (Lipinski definition) is 1. The molecule has 2 aromatic carbocycles. The molecule has 1 aliphatic rings. The van der Waals surface area contributed by atoms with Crippen LogP contribution in [0, 0.1) is 12.7 Å².